The Bertz CT molecular complexity index is 694. The fourth-order valence-corrected chi connectivity index (χ4v) is 2.30. The number of halogens is 1. The molecule has 2 rings (SSSR count). The molecule has 0 heterocycles. The third kappa shape index (κ3) is 6.43. The van der Waals surface area contributed by atoms with Gasteiger partial charge in [-0.3, -0.25) is 9.69 Å². The van der Waals surface area contributed by atoms with E-state index >= 15 is 0 Å². The molecular formula is C19H23FN2O3. The van der Waals surface area contributed by atoms with Crippen molar-refractivity contribution in [3.63, 3.8) is 0 Å². The summed E-state index contributed by atoms with van der Waals surface area (Å²) >= 11 is 0. The zero-order valence-electron chi connectivity index (χ0n) is 14.5. The summed E-state index contributed by atoms with van der Waals surface area (Å²) < 4.78 is 23.8. The molecule has 134 valence electrons. The van der Waals surface area contributed by atoms with Crippen LogP contribution in [0.2, 0.25) is 0 Å². The molecule has 0 spiro atoms. The first-order valence-corrected chi connectivity index (χ1v) is 8.15. The average molecular weight is 346 g/mol. The van der Waals surface area contributed by atoms with Crippen LogP contribution in [0.1, 0.15) is 6.92 Å². The number of hydrogen-bond acceptors (Lipinski definition) is 4. The predicted octanol–water partition coefficient (Wildman–Crippen LogP) is 3.17. The fourth-order valence-electron chi connectivity index (χ4n) is 2.30. The van der Waals surface area contributed by atoms with Gasteiger partial charge in [-0.15, -0.1) is 0 Å². The van der Waals surface area contributed by atoms with E-state index in [0.717, 1.165) is 0 Å². The standard InChI is InChI=1S/C19H23FN2O3/c1-3-22(10-11-25-18-9-4-6-15(20)12-18)14-19(23)21-16-7-5-8-17(13-16)24-2/h4-9,12-13H,3,10-11,14H2,1-2H3,(H,21,23). The van der Waals surface area contributed by atoms with Crippen molar-refractivity contribution in [3.8, 4) is 11.5 Å². The molecule has 25 heavy (non-hydrogen) atoms. The van der Waals surface area contributed by atoms with E-state index in [0.29, 0.717) is 36.9 Å². The zero-order valence-corrected chi connectivity index (χ0v) is 14.5. The number of anilines is 1. The number of methoxy groups -OCH3 is 1. The smallest absolute Gasteiger partial charge is 0.238 e. The molecular weight excluding hydrogens is 323 g/mol. The van der Waals surface area contributed by atoms with E-state index in [2.05, 4.69) is 5.32 Å². The van der Waals surface area contributed by atoms with Gasteiger partial charge < -0.3 is 14.8 Å². The largest absolute Gasteiger partial charge is 0.497 e. The maximum absolute atomic E-state index is 13.1. The maximum atomic E-state index is 13.1. The van der Waals surface area contributed by atoms with Crippen molar-refractivity contribution in [1.29, 1.82) is 0 Å². The van der Waals surface area contributed by atoms with E-state index in [9.17, 15) is 9.18 Å². The number of nitrogens with zero attached hydrogens (tertiary/aromatic N) is 1. The highest BCUT2D eigenvalue weighted by Gasteiger charge is 2.10. The lowest BCUT2D eigenvalue weighted by molar-refractivity contribution is -0.117. The number of carbonyl (C=O) groups excluding carboxylic acids is 1. The van der Waals surface area contributed by atoms with Gasteiger partial charge in [0.2, 0.25) is 5.91 Å². The van der Waals surface area contributed by atoms with Crippen molar-refractivity contribution in [2.24, 2.45) is 0 Å². The molecule has 6 heteroatoms. The van der Waals surface area contributed by atoms with E-state index < -0.39 is 0 Å². The summed E-state index contributed by atoms with van der Waals surface area (Å²) in [5, 5.41) is 2.85. The van der Waals surface area contributed by atoms with Crippen molar-refractivity contribution in [3.05, 3.63) is 54.3 Å². The molecule has 0 unspecified atom stereocenters. The van der Waals surface area contributed by atoms with Crippen LogP contribution in [0.25, 0.3) is 0 Å². The number of hydrogen-bond donors (Lipinski definition) is 1. The maximum Gasteiger partial charge on any atom is 0.238 e. The van der Waals surface area contributed by atoms with Gasteiger partial charge in [-0.25, -0.2) is 4.39 Å². The summed E-state index contributed by atoms with van der Waals surface area (Å²) in [5.41, 5.74) is 0.691. The highest BCUT2D eigenvalue weighted by Crippen LogP contribution is 2.16. The molecule has 1 amide bonds. The monoisotopic (exact) mass is 346 g/mol. The molecule has 0 aliphatic rings. The molecule has 2 aromatic carbocycles. The number of amides is 1. The van der Waals surface area contributed by atoms with Crippen LogP contribution < -0.4 is 14.8 Å². The molecule has 5 nitrogen and oxygen atoms in total. The first-order chi connectivity index (χ1) is 12.1. The van der Waals surface area contributed by atoms with Gasteiger partial charge in [-0.1, -0.05) is 19.1 Å². The predicted molar refractivity (Wildman–Crippen MR) is 95.6 cm³/mol. The molecule has 0 aromatic heterocycles. The van der Waals surface area contributed by atoms with Crippen LogP contribution >= 0.6 is 0 Å². The van der Waals surface area contributed by atoms with Gasteiger partial charge in [0.15, 0.2) is 0 Å². The summed E-state index contributed by atoms with van der Waals surface area (Å²) in [5.74, 6) is 0.730. The summed E-state index contributed by atoms with van der Waals surface area (Å²) in [6.07, 6.45) is 0. The Labute approximate surface area is 147 Å². The van der Waals surface area contributed by atoms with Gasteiger partial charge in [0.1, 0.15) is 23.9 Å². The first kappa shape index (κ1) is 18.7. The van der Waals surface area contributed by atoms with Gasteiger partial charge >= 0.3 is 0 Å². The molecule has 0 fully saturated rings. The summed E-state index contributed by atoms with van der Waals surface area (Å²) in [6, 6.07) is 13.2. The van der Waals surface area contributed by atoms with Gasteiger partial charge in [0, 0.05) is 24.4 Å². The highest BCUT2D eigenvalue weighted by molar-refractivity contribution is 5.92. The Kier molecular flexibility index (Phi) is 7.22. The Morgan fingerprint density at radius 3 is 2.64 bits per heavy atom. The van der Waals surface area contributed by atoms with Crippen molar-refractivity contribution in [1.82, 2.24) is 4.90 Å². The molecule has 0 atom stereocenters. The Morgan fingerprint density at radius 1 is 1.16 bits per heavy atom. The molecule has 0 bridgehead atoms. The van der Waals surface area contributed by atoms with Gasteiger partial charge in [0.05, 0.1) is 13.7 Å². The summed E-state index contributed by atoms with van der Waals surface area (Å²) in [7, 11) is 1.58. The van der Waals surface area contributed by atoms with E-state index in [-0.39, 0.29) is 18.3 Å². The van der Waals surface area contributed by atoms with Crippen LogP contribution in [0, 0.1) is 5.82 Å². The Balaban J connectivity index is 1.79. The quantitative estimate of drug-likeness (QED) is 0.758. The molecule has 0 aliphatic carbocycles. The van der Waals surface area contributed by atoms with E-state index in [4.69, 9.17) is 9.47 Å². The van der Waals surface area contributed by atoms with Crippen LogP contribution in [0.3, 0.4) is 0 Å². The van der Waals surface area contributed by atoms with E-state index in [1.807, 2.05) is 30.0 Å². The number of carbonyl (C=O) groups is 1. The van der Waals surface area contributed by atoms with Gasteiger partial charge in [-0.05, 0) is 30.8 Å². The topological polar surface area (TPSA) is 50.8 Å². The normalized spacial score (nSPS) is 10.6. The lowest BCUT2D eigenvalue weighted by Gasteiger charge is -2.20. The van der Waals surface area contributed by atoms with Gasteiger partial charge in [0.25, 0.3) is 0 Å². The first-order valence-electron chi connectivity index (χ1n) is 8.15. The van der Waals surface area contributed by atoms with E-state index in [1.54, 1.807) is 25.3 Å². The summed E-state index contributed by atoms with van der Waals surface area (Å²) in [4.78, 5) is 14.1. The Hall–Kier alpha value is -2.60. The fraction of sp³-hybridized carbons (Fsp3) is 0.316. The number of ether oxygens (including phenoxy) is 2. The Morgan fingerprint density at radius 2 is 1.92 bits per heavy atom. The minimum atomic E-state index is -0.331. The van der Waals surface area contributed by atoms with E-state index in [1.165, 1.54) is 12.1 Å². The van der Waals surface area contributed by atoms with Crippen LogP contribution in [0.15, 0.2) is 48.5 Å². The third-order valence-electron chi connectivity index (χ3n) is 3.64. The molecule has 0 aliphatic heterocycles. The van der Waals surface area contributed by atoms with Crippen molar-refractivity contribution >= 4 is 11.6 Å². The minimum absolute atomic E-state index is 0.110. The number of benzene rings is 2. The molecule has 2 aromatic rings. The second kappa shape index (κ2) is 9.64. The minimum Gasteiger partial charge on any atom is -0.497 e. The second-order valence-electron chi connectivity index (χ2n) is 5.45. The molecule has 0 radical (unpaired) electrons. The van der Waals surface area contributed by atoms with Gasteiger partial charge in [-0.2, -0.15) is 0 Å². The van der Waals surface area contributed by atoms with Crippen LogP contribution in [0.5, 0.6) is 11.5 Å². The second-order valence-corrected chi connectivity index (χ2v) is 5.45. The van der Waals surface area contributed by atoms with Crippen LogP contribution in [0.4, 0.5) is 10.1 Å². The van der Waals surface area contributed by atoms with Crippen molar-refractivity contribution < 1.29 is 18.7 Å². The van der Waals surface area contributed by atoms with Crippen molar-refractivity contribution in [2.45, 2.75) is 6.92 Å². The highest BCUT2D eigenvalue weighted by atomic mass is 19.1. The third-order valence-corrected chi connectivity index (χ3v) is 3.64. The average Bonchev–Trinajstić information content (AvgIpc) is 2.61. The molecule has 0 saturated heterocycles. The lowest BCUT2D eigenvalue weighted by Crippen LogP contribution is -2.35. The van der Waals surface area contributed by atoms with Crippen molar-refractivity contribution in [2.75, 3.05) is 38.7 Å². The molecule has 1 N–H and O–H groups in total. The number of likely N-dealkylation sites (N-methyl/N-ethyl adjacent to an activating group) is 1. The van der Waals surface area contributed by atoms with Crippen LogP contribution in [-0.2, 0) is 4.79 Å². The number of nitrogens with one attached hydrogen (secondary N) is 1. The molecule has 0 saturated carbocycles. The summed E-state index contributed by atoms with van der Waals surface area (Å²) in [6.45, 7) is 3.88. The lowest BCUT2D eigenvalue weighted by atomic mass is 10.3. The zero-order chi connectivity index (χ0) is 18.1. The number of rotatable bonds is 9. The SMILES string of the molecule is CCN(CCOc1cccc(F)c1)CC(=O)Nc1cccc(OC)c1. The van der Waals surface area contributed by atoms with Crippen LogP contribution in [-0.4, -0.2) is 44.2 Å².